The third-order valence-electron chi connectivity index (χ3n) is 7.33. The first kappa shape index (κ1) is 19.8. The van der Waals surface area contributed by atoms with Crippen LogP contribution in [0.2, 0.25) is 0 Å². The zero-order valence-corrected chi connectivity index (χ0v) is 18.0. The summed E-state index contributed by atoms with van der Waals surface area (Å²) in [6.07, 6.45) is 9.24. The van der Waals surface area contributed by atoms with Crippen LogP contribution in [0.25, 0.3) is 22.2 Å². The van der Waals surface area contributed by atoms with Crippen molar-refractivity contribution in [1.29, 1.82) is 0 Å². The van der Waals surface area contributed by atoms with Crippen LogP contribution in [-0.4, -0.2) is 38.7 Å². The topological polar surface area (TPSA) is 41.3 Å². The van der Waals surface area contributed by atoms with E-state index in [0.717, 1.165) is 55.6 Å². The highest BCUT2D eigenvalue weighted by Crippen LogP contribution is 2.35. The standard InChI is InChI=1S/C26H33N3O/c1-2-28-18-24(25(30)20-14-16-29(17-15-20)21-10-4-5-11-21)27-26(28)23-13-7-9-19-8-3-6-12-22(19)23/h3,6-9,12-13,18,20-21,25,30H,2,4-5,10-11,14-17H2,1H3. The molecule has 2 fully saturated rings. The first-order valence-corrected chi connectivity index (χ1v) is 11.7. The Morgan fingerprint density at radius 2 is 1.73 bits per heavy atom. The number of hydrogen-bond acceptors (Lipinski definition) is 3. The lowest BCUT2D eigenvalue weighted by Gasteiger charge is -2.37. The van der Waals surface area contributed by atoms with Gasteiger partial charge in [0.2, 0.25) is 0 Å². The van der Waals surface area contributed by atoms with Gasteiger partial charge >= 0.3 is 0 Å². The Hall–Kier alpha value is -2.17. The molecule has 0 spiro atoms. The van der Waals surface area contributed by atoms with Crippen LogP contribution < -0.4 is 0 Å². The maximum atomic E-state index is 11.2. The van der Waals surface area contributed by atoms with Crippen molar-refractivity contribution in [3.63, 3.8) is 0 Å². The lowest BCUT2D eigenvalue weighted by atomic mass is 9.89. The van der Waals surface area contributed by atoms with Gasteiger partial charge in [0.1, 0.15) is 11.9 Å². The number of piperidine rings is 1. The van der Waals surface area contributed by atoms with Gasteiger partial charge < -0.3 is 14.6 Å². The lowest BCUT2D eigenvalue weighted by molar-refractivity contribution is 0.0435. The van der Waals surface area contributed by atoms with Crippen molar-refractivity contribution in [1.82, 2.24) is 14.5 Å². The van der Waals surface area contributed by atoms with E-state index < -0.39 is 6.10 Å². The molecule has 1 saturated heterocycles. The molecule has 1 aromatic heterocycles. The van der Waals surface area contributed by atoms with Crippen molar-refractivity contribution in [2.24, 2.45) is 5.92 Å². The highest BCUT2D eigenvalue weighted by atomic mass is 16.3. The predicted octanol–water partition coefficient (Wildman–Crippen LogP) is 5.41. The molecular formula is C26H33N3O. The molecule has 0 radical (unpaired) electrons. The van der Waals surface area contributed by atoms with Crippen LogP contribution in [0.5, 0.6) is 0 Å². The number of benzene rings is 2. The first-order valence-electron chi connectivity index (χ1n) is 11.7. The Bertz CT molecular complexity index is 991. The molecule has 0 amide bonds. The zero-order chi connectivity index (χ0) is 20.5. The predicted molar refractivity (Wildman–Crippen MR) is 122 cm³/mol. The largest absolute Gasteiger partial charge is 0.386 e. The van der Waals surface area contributed by atoms with Gasteiger partial charge in [-0.25, -0.2) is 4.98 Å². The van der Waals surface area contributed by atoms with Gasteiger partial charge in [-0.05, 0) is 62.4 Å². The number of nitrogens with zero attached hydrogens (tertiary/aromatic N) is 3. The summed E-state index contributed by atoms with van der Waals surface area (Å²) >= 11 is 0. The second kappa shape index (κ2) is 8.52. The van der Waals surface area contributed by atoms with Crippen molar-refractivity contribution in [3.05, 3.63) is 54.4 Å². The quantitative estimate of drug-likeness (QED) is 0.619. The molecular weight excluding hydrogens is 370 g/mol. The fourth-order valence-corrected chi connectivity index (χ4v) is 5.57. The number of aliphatic hydroxyl groups excluding tert-OH is 1. The van der Waals surface area contributed by atoms with E-state index in [9.17, 15) is 5.11 Å². The van der Waals surface area contributed by atoms with E-state index in [-0.39, 0.29) is 0 Å². The number of rotatable bonds is 5. The number of aliphatic hydroxyl groups is 1. The Kier molecular flexibility index (Phi) is 5.62. The Balaban J connectivity index is 1.37. The summed E-state index contributed by atoms with van der Waals surface area (Å²) in [6.45, 7) is 5.24. The number of aryl methyl sites for hydroxylation is 1. The number of aromatic nitrogens is 2. The number of fused-ring (bicyclic) bond motifs is 1. The number of imidazole rings is 1. The molecule has 4 heteroatoms. The molecule has 2 aliphatic rings. The summed E-state index contributed by atoms with van der Waals surface area (Å²) in [5.41, 5.74) is 1.98. The van der Waals surface area contributed by atoms with E-state index in [1.165, 1.54) is 36.5 Å². The summed E-state index contributed by atoms with van der Waals surface area (Å²) in [7, 11) is 0. The van der Waals surface area contributed by atoms with Gasteiger partial charge in [0.25, 0.3) is 0 Å². The van der Waals surface area contributed by atoms with Crippen LogP contribution in [0.3, 0.4) is 0 Å². The van der Waals surface area contributed by atoms with Gasteiger partial charge in [0.15, 0.2) is 0 Å². The summed E-state index contributed by atoms with van der Waals surface area (Å²) in [4.78, 5) is 7.64. The molecule has 5 rings (SSSR count). The minimum Gasteiger partial charge on any atom is -0.386 e. The summed E-state index contributed by atoms with van der Waals surface area (Å²) in [6, 6.07) is 15.6. The molecule has 1 N–H and O–H groups in total. The van der Waals surface area contributed by atoms with E-state index in [1.54, 1.807) is 0 Å². The maximum Gasteiger partial charge on any atom is 0.140 e. The molecule has 158 valence electrons. The highest BCUT2D eigenvalue weighted by Gasteiger charge is 2.32. The summed E-state index contributed by atoms with van der Waals surface area (Å²) < 4.78 is 2.19. The minimum atomic E-state index is -0.475. The van der Waals surface area contributed by atoms with Crippen molar-refractivity contribution in [2.75, 3.05) is 13.1 Å². The van der Waals surface area contributed by atoms with Gasteiger partial charge in [0, 0.05) is 24.3 Å². The molecule has 3 aromatic rings. The third-order valence-corrected chi connectivity index (χ3v) is 7.33. The van der Waals surface area contributed by atoms with Gasteiger partial charge in [-0.3, -0.25) is 0 Å². The average molecular weight is 404 g/mol. The molecule has 2 heterocycles. The van der Waals surface area contributed by atoms with E-state index in [0.29, 0.717) is 5.92 Å². The molecule has 1 atom stereocenters. The Morgan fingerprint density at radius 1 is 1.00 bits per heavy atom. The van der Waals surface area contributed by atoms with Gasteiger partial charge in [-0.15, -0.1) is 0 Å². The second-order valence-corrected chi connectivity index (χ2v) is 9.06. The average Bonchev–Trinajstić information content (AvgIpc) is 3.48. The highest BCUT2D eigenvalue weighted by molar-refractivity contribution is 5.95. The van der Waals surface area contributed by atoms with Crippen LogP contribution in [0.4, 0.5) is 0 Å². The molecule has 1 unspecified atom stereocenters. The molecule has 4 nitrogen and oxygen atoms in total. The van der Waals surface area contributed by atoms with Crippen LogP contribution in [-0.2, 0) is 6.54 Å². The Morgan fingerprint density at radius 3 is 2.50 bits per heavy atom. The molecule has 1 aliphatic heterocycles. The smallest absolute Gasteiger partial charge is 0.140 e. The van der Waals surface area contributed by atoms with Crippen molar-refractivity contribution in [3.8, 4) is 11.4 Å². The molecule has 2 aromatic carbocycles. The van der Waals surface area contributed by atoms with E-state index in [1.807, 2.05) is 0 Å². The summed E-state index contributed by atoms with van der Waals surface area (Å²) in [5.74, 6) is 1.27. The molecule has 0 bridgehead atoms. The molecule has 1 saturated carbocycles. The second-order valence-electron chi connectivity index (χ2n) is 9.06. The van der Waals surface area contributed by atoms with Gasteiger partial charge in [-0.1, -0.05) is 55.3 Å². The van der Waals surface area contributed by atoms with Crippen molar-refractivity contribution >= 4 is 10.8 Å². The van der Waals surface area contributed by atoms with Crippen molar-refractivity contribution < 1.29 is 5.11 Å². The van der Waals surface area contributed by atoms with E-state index in [2.05, 4.69) is 65.1 Å². The van der Waals surface area contributed by atoms with Gasteiger partial charge in [0.05, 0.1) is 5.69 Å². The number of likely N-dealkylation sites (tertiary alicyclic amines) is 1. The first-order chi connectivity index (χ1) is 14.7. The molecule has 1 aliphatic carbocycles. The van der Waals surface area contributed by atoms with E-state index in [4.69, 9.17) is 4.98 Å². The third kappa shape index (κ3) is 3.67. The van der Waals surface area contributed by atoms with Crippen molar-refractivity contribution in [2.45, 2.75) is 64.1 Å². The fraction of sp³-hybridized carbons (Fsp3) is 0.500. The van der Waals surface area contributed by atoms with E-state index >= 15 is 0 Å². The number of hydrogen-bond donors (Lipinski definition) is 1. The SMILES string of the molecule is CCn1cc(C(O)C2CCN(C3CCCC3)CC2)nc1-c1cccc2ccccc12. The van der Waals surface area contributed by atoms with Crippen LogP contribution in [0.1, 0.15) is 57.2 Å². The normalized spacial score (nSPS) is 20.2. The monoisotopic (exact) mass is 403 g/mol. The zero-order valence-electron chi connectivity index (χ0n) is 18.0. The maximum absolute atomic E-state index is 11.2. The van der Waals surface area contributed by atoms with Crippen LogP contribution in [0.15, 0.2) is 48.7 Å². The fourth-order valence-electron chi connectivity index (χ4n) is 5.57. The van der Waals surface area contributed by atoms with Crippen LogP contribution in [0, 0.1) is 5.92 Å². The Labute approximate surface area is 179 Å². The lowest BCUT2D eigenvalue weighted by Crippen LogP contribution is -2.41. The van der Waals surface area contributed by atoms with Crippen LogP contribution >= 0.6 is 0 Å². The summed E-state index contributed by atoms with van der Waals surface area (Å²) in [5, 5.41) is 13.6. The van der Waals surface area contributed by atoms with Gasteiger partial charge in [-0.2, -0.15) is 0 Å². The molecule has 30 heavy (non-hydrogen) atoms. The minimum absolute atomic E-state index is 0.309.